The van der Waals surface area contributed by atoms with Gasteiger partial charge in [-0.2, -0.15) is 0 Å². The molecule has 1 aromatic rings. The second-order valence-electron chi connectivity index (χ2n) is 6.58. The number of rotatable bonds is 5. The fraction of sp³-hybridized carbons (Fsp3) is 0.500. The molecule has 30 heavy (non-hydrogen) atoms. The SMILES string of the molecule is CC1(NC(=O)c2ccc(OC(F)(F)F)c(NC(=O)C3CCOCC3)c2Cl)N=NN=N1. The normalized spacial score (nSPS) is 18.3. The van der Waals surface area contributed by atoms with E-state index in [4.69, 9.17) is 16.3 Å². The van der Waals surface area contributed by atoms with Gasteiger partial charge in [-0.05, 0) is 35.4 Å². The van der Waals surface area contributed by atoms with E-state index in [1.165, 1.54) is 6.92 Å². The molecule has 2 aliphatic rings. The number of hydrogen-bond acceptors (Lipinski definition) is 8. The number of ether oxygens (including phenoxy) is 2. The Morgan fingerprint density at radius 2 is 1.87 bits per heavy atom. The van der Waals surface area contributed by atoms with Gasteiger partial charge in [0.25, 0.3) is 11.7 Å². The maximum Gasteiger partial charge on any atom is 0.573 e. The third-order valence-electron chi connectivity index (χ3n) is 4.28. The molecule has 0 saturated carbocycles. The number of hydrogen-bond donors (Lipinski definition) is 2. The van der Waals surface area contributed by atoms with Crippen LogP contribution in [0.2, 0.25) is 5.02 Å². The van der Waals surface area contributed by atoms with Crippen molar-refractivity contribution >= 4 is 29.1 Å². The van der Waals surface area contributed by atoms with Crippen LogP contribution in [0.15, 0.2) is 32.8 Å². The van der Waals surface area contributed by atoms with Crippen molar-refractivity contribution in [2.24, 2.45) is 26.6 Å². The highest BCUT2D eigenvalue weighted by Gasteiger charge is 2.35. The Kier molecular flexibility index (Phi) is 6.22. The molecule has 0 unspecified atom stereocenters. The molecule has 1 fully saturated rings. The summed E-state index contributed by atoms with van der Waals surface area (Å²) in [5.74, 6) is -4.09. The number of anilines is 1. The summed E-state index contributed by atoms with van der Waals surface area (Å²) in [6.45, 7) is 2.09. The van der Waals surface area contributed by atoms with Gasteiger partial charge in [0.2, 0.25) is 5.91 Å². The van der Waals surface area contributed by atoms with Crippen LogP contribution in [0.25, 0.3) is 0 Å². The van der Waals surface area contributed by atoms with E-state index < -0.39 is 46.3 Å². The van der Waals surface area contributed by atoms with E-state index in [-0.39, 0.29) is 5.56 Å². The summed E-state index contributed by atoms with van der Waals surface area (Å²) < 4.78 is 47.6. The molecule has 14 heteroatoms. The van der Waals surface area contributed by atoms with E-state index in [0.29, 0.717) is 26.1 Å². The molecule has 0 spiro atoms. The van der Waals surface area contributed by atoms with Gasteiger partial charge in [-0.1, -0.05) is 11.6 Å². The first-order chi connectivity index (χ1) is 14.1. The zero-order chi connectivity index (χ0) is 21.9. The van der Waals surface area contributed by atoms with Crippen LogP contribution in [0.5, 0.6) is 5.75 Å². The Labute approximate surface area is 172 Å². The van der Waals surface area contributed by atoms with E-state index in [1.54, 1.807) is 0 Å². The van der Waals surface area contributed by atoms with Crippen LogP contribution >= 0.6 is 11.6 Å². The number of alkyl halides is 3. The van der Waals surface area contributed by atoms with Crippen molar-refractivity contribution in [3.63, 3.8) is 0 Å². The summed E-state index contributed by atoms with van der Waals surface area (Å²) in [5, 5.41) is 18.1. The summed E-state index contributed by atoms with van der Waals surface area (Å²) >= 11 is 6.20. The first kappa shape index (κ1) is 21.9. The minimum Gasteiger partial charge on any atom is -0.404 e. The average molecular weight is 449 g/mol. The third-order valence-corrected chi connectivity index (χ3v) is 4.68. The van der Waals surface area contributed by atoms with Crippen LogP contribution < -0.4 is 15.4 Å². The minimum atomic E-state index is -5.04. The Morgan fingerprint density at radius 3 is 2.47 bits per heavy atom. The largest absolute Gasteiger partial charge is 0.573 e. The van der Waals surface area contributed by atoms with Gasteiger partial charge in [-0.15, -0.1) is 23.4 Å². The fourth-order valence-electron chi connectivity index (χ4n) is 2.81. The lowest BCUT2D eigenvalue weighted by atomic mass is 9.99. The maximum absolute atomic E-state index is 12.8. The van der Waals surface area contributed by atoms with Crippen molar-refractivity contribution in [2.75, 3.05) is 18.5 Å². The van der Waals surface area contributed by atoms with Crippen LogP contribution in [-0.2, 0) is 9.53 Å². The molecule has 0 radical (unpaired) electrons. The van der Waals surface area contributed by atoms with Crippen molar-refractivity contribution in [3.8, 4) is 5.75 Å². The molecule has 1 aromatic carbocycles. The molecule has 2 N–H and O–H groups in total. The Morgan fingerprint density at radius 1 is 1.23 bits per heavy atom. The van der Waals surface area contributed by atoms with E-state index in [0.717, 1.165) is 12.1 Å². The number of amides is 2. The van der Waals surface area contributed by atoms with Crippen LogP contribution in [0.3, 0.4) is 0 Å². The quantitative estimate of drug-likeness (QED) is 0.709. The molecule has 0 aliphatic carbocycles. The molecule has 3 rings (SSSR count). The molecule has 10 nitrogen and oxygen atoms in total. The van der Waals surface area contributed by atoms with Crippen LogP contribution in [0.4, 0.5) is 18.9 Å². The number of nitrogens with zero attached hydrogens (tertiary/aromatic N) is 4. The van der Waals surface area contributed by atoms with Gasteiger partial charge in [0.1, 0.15) is 5.69 Å². The molecule has 2 amide bonds. The first-order valence-electron chi connectivity index (χ1n) is 8.71. The van der Waals surface area contributed by atoms with E-state index in [9.17, 15) is 22.8 Å². The summed E-state index contributed by atoms with van der Waals surface area (Å²) in [6, 6.07) is 1.91. The molecule has 2 aliphatic heterocycles. The smallest absolute Gasteiger partial charge is 0.404 e. The lowest BCUT2D eigenvalue weighted by molar-refractivity contribution is -0.274. The van der Waals surface area contributed by atoms with Crippen molar-refractivity contribution < 1.29 is 32.2 Å². The Hall–Kier alpha value is -2.80. The summed E-state index contributed by atoms with van der Waals surface area (Å²) in [6.07, 6.45) is -4.25. The minimum absolute atomic E-state index is 0.230. The highest BCUT2D eigenvalue weighted by molar-refractivity contribution is 6.37. The van der Waals surface area contributed by atoms with Crippen molar-refractivity contribution in [2.45, 2.75) is 31.9 Å². The molecule has 162 valence electrons. The average Bonchev–Trinajstić information content (AvgIpc) is 3.10. The monoisotopic (exact) mass is 448 g/mol. The van der Waals surface area contributed by atoms with Gasteiger partial charge in [-0.3, -0.25) is 9.59 Å². The van der Waals surface area contributed by atoms with Crippen molar-refractivity contribution in [1.29, 1.82) is 0 Å². The van der Waals surface area contributed by atoms with Gasteiger partial charge in [-0.25, -0.2) is 0 Å². The van der Waals surface area contributed by atoms with Gasteiger partial charge < -0.3 is 20.1 Å². The van der Waals surface area contributed by atoms with Gasteiger partial charge in [0, 0.05) is 26.1 Å². The third kappa shape index (κ3) is 5.21. The molecule has 0 bridgehead atoms. The highest BCUT2D eigenvalue weighted by atomic mass is 35.5. The van der Waals surface area contributed by atoms with Crippen LogP contribution in [0, 0.1) is 5.92 Å². The number of carbonyl (C=O) groups is 2. The number of carbonyl (C=O) groups excluding carboxylic acids is 2. The number of halogens is 4. The van der Waals surface area contributed by atoms with E-state index in [1.807, 2.05) is 0 Å². The second kappa shape index (κ2) is 8.52. The molecule has 1 saturated heterocycles. The van der Waals surface area contributed by atoms with Gasteiger partial charge in [0.05, 0.1) is 10.6 Å². The highest BCUT2D eigenvalue weighted by Crippen LogP contribution is 2.39. The molecular weight excluding hydrogens is 433 g/mol. The summed E-state index contributed by atoms with van der Waals surface area (Å²) in [4.78, 5) is 25.1. The van der Waals surface area contributed by atoms with Crippen molar-refractivity contribution in [3.05, 3.63) is 22.7 Å². The first-order valence-corrected chi connectivity index (χ1v) is 9.09. The zero-order valence-corrected chi connectivity index (χ0v) is 16.3. The lowest BCUT2D eigenvalue weighted by Crippen LogP contribution is -2.41. The number of nitrogens with one attached hydrogen (secondary N) is 2. The lowest BCUT2D eigenvalue weighted by Gasteiger charge is -2.23. The topological polar surface area (TPSA) is 126 Å². The molecule has 2 heterocycles. The molecule has 0 atom stereocenters. The van der Waals surface area contributed by atoms with E-state index >= 15 is 0 Å². The predicted octanol–water partition coefficient (Wildman–Crippen LogP) is 3.84. The van der Waals surface area contributed by atoms with Crippen molar-refractivity contribution in [1.82, 2.24) is 5.32 Å². The summed E-state index contributed by atoms with van der Waals surface area (Å²) in [7, 11) is 0. The fourth-order valence-corrected chi connectivity index (χ4v) is 3.10. The van der Waals surface area contributed by atoms with E-state index in [2.05, 4.69) is 36.0 Å². The number of benzene rings is 1. The van der Waals surface area contributed by atoms with Gasteiger partial charge >= 0.3 is 6.36 Å². The Bertz CT molecular complexity index is 890. The Balaban J connectivity index is 1.90. The molecular formula is C16H16ClF3N6O4. The van der Waals surface area contributed by atoms with Crippen LogP contribution in [0.1, 0.15) is 30.1 Å². The summed E-state index contributed by atoms with van der Waals surface area (Å²) in [5.41, 5.74) is -0.704. The predicted molar refractivity (Wildman–Crippen MR) is 95.9 cm³/mol. The van der Waals surface area contributed by atoms with Gasteiger partial charge in [0.15, 0.2) is 5.75 Å². The molecule has 0 aromatic heterocycles. The standard InChI is InChI=1S/C16H16ClF3N6O4/c1-15(23-25-26-24-15)22-14(28)9-2-3-10(30-16(18,19)20)12(11(9)17)21-13(27)8-4-6-29-7-5-8/h2-3,8H,4-7H2,1H3,(H,21,27)(H,22,28). The van der Waals surface area contributed by atoms with Crippen LogP contribution in [-0.4, -0.2) is 37.2 Å². The zero-order valence-electron chi connectivity index (χ0n) is 15.5. The second-order valence-corrected chi connectivity index (χ2v) is 6.96. The maximum atomic E-state index is 12.8.